The summed E-state index contributed by atoms with van der Waals surface area (Å²) in [6, 6.07) is 6.62. The quantitative estimate of drug-likeness (QED) is 0.351. The molecule has 0 radical (unpaired) electrons. The van der Waals surface area contributed by atoms with E-state index in [1.165, 1.54) is 30.5 Å². The van der Waals surface area contributed by atoms with Gasteiger partial charge in [-0.15, -0.1) is 15.3 Å². The Morgan fingerprint density at radius 3 is 2.43 bits per heavy atom. The zero-order valence-electron chi connectivity index (χ0n) is 15.0. The molecule has 8 nitrogen and oxygen atoms in total. The second kappa shape index (κ2) is 8.31. The summed E-state index contributed by atoms with van der Waals surface area (Å²) in [7, 11) is 1.16. The van der Waals surface area contributed by atoms with Gasteiger partial charge in [0.2, 0.25) is 5.89 Å². The van der Waals surface area contributed by atoms with Crippen molar-refractivity contribution >= 4 is 12.1 Å². The fourth-order valence-corrected chi connectivity index (χ4v) is 2.23. The largest absolute Gasteiger partial charge is 0.418 e. The van der Waals surface area contributed by atoms with Gasteiger partial charge < -0.3 is 4.42 Å². The van der Waals surface area contributed by atoms with Gasteiger partial charge in [0.1, 0.15) is 0 Å². The lowest BCUT2D eigenvalue weighted by molar-refractivity contribution is -0.138. The van der Waals surface area contributed by atoms with Gasteiger partial charge in [-0.1, -0.05) is 12.1 Å². The molecule has 2 heterocycles. The first-order chi connectivity index (χ1) is 14.2. The van der Waals surface area contributed by atoms with Crippen LogP contribution in [0.3, 0.4) is 0 Å². The second-order valence-corrected chi connectivity index (χ2v) is 5.73. The number of amides is 1. The van der Waals surface area contributed by atoms with Gasteiger partial charge in [-0.05, 0) is 23.8 Å². The number of benzene rings is 1. The molecule has 0 N–H and O–H groups in total. The minimum absolute atomic E-state index is 0.108. The van der Waals surface area contributed by atoms with E-state index in [1.807, 2.05) is 0 Å². The summed E-state index contributed by atoms with van der Waals surface area (Å²) < 4.78 is 68.9. The number of rotatable bonds is 5. The summed E-state index contributed by atoms with van der Waals surface area (Å²) in [6.45, 7) is 0. The summed E-state index contributed by atoms with van der Waals surface area (Å²) in [5.41, 5.74) is -1.28. The molecule has 0 spiro atoms. The summed E-state index contributed by atoms with van der Waals surface area (Å²) in [4.78, 5) is 12.3. The van der Waals surface area contributed by atoms with E-state index in [0.717, 1.165) is 13.2 Å². The van der Waals surface area contributed by atoms with Gasteiger partial charge in [0, 0.05) is 12.6 Å². The normalized spacial score (nSPS) is 12.0. The zero-order valence-corrected chi connectivity index (χ0v) is 15.0. The smallest absolute Gasteiger partial charge is 0.415 e. The van der Waals surface area contributed by atoms with Crippen molar-refractivity contribution in [1.82, 2.24) is 25.4 Å². The number of carbonyl (C=O) groups excluding carboxylic acids is 1. The standard InChI is InChI=1S/C17H11F5N6O2/c1-28(16(29)12-11(17(20,21)22)6-7-23-25-12)24-8-9-2-4-10(5-3-9)14-26-27-15(30-14)13(18)19/h2-8,13H,1H3/b24-8+. The van der Waals surface area contributed by atoms with Gasteiger partial charge in [0.05, 0.1) is 18.0 Å². The molecule has 156 valence electrons. The van der Waals surface area contributed by atoms with E-state index < -0.39 is 35.7 Å². The molecule has 0 aliphatic carbocycles. The third kappa shape index (κ3) is 4.61. The van der Waals surface area contributed by atoms with Crippen LogP contribution in [0.2, 0.25) is 0 Å². The van der Waals surface area contributed by atoms with Crippen molar-refractivity contribution < 1.29 is 31.2 Å². The predicted molar refractivity (Wildman–Crippen MR) is 91.4 cm³/mol. The lowest BCUT2D eigenvalue weighted by Crippen LogP contribution is -2.26. The highest BCUT2D eigenvalue weighted by Crippen LogP contribution is 2.31. The average molecular weight is 426 g/mol. The van der Waals surface area contributed by atoms with Crippen LogP contribution in [0.4, 0.5) is 22.0 Å². The molecule has 0 saturated carbocycles. The molecule has 0 fully saturated rings. The SMILES string of the molecule is CN(/N=C/c1ccc(-c2nnc(C(F)F)o2)cc1)C(=O)c1nnccc1C(F)(F)F. The fourth-order valence-electron chi connectivity index (χ4n) is 2.23. The van der Waals surface area contributed by atoms with Gasteiger partial charge >= 0.3 is 12.6 Å². The molecular weight excluding hydrogens is 415 g/mol. The van der Waals surface area contributed by atoms with Gasteiger partial charge in [-0.2, -0.15) is 32.2 Å². The number of carbonyl (C=O) groups is 1. The van der Waals surface area contributed by atoms with E-state index in [1.54, 1.807) is 0 Å². The number of nitrogens with zero attached hydrogens (tertiary/aromatic N) is 6. The summed E-state index contributed by atoms with van der Waals surface area (Å²) in [5.74, 6) is -2.02. The van der Waals surface area contributed by atoms with Crippen LogP contribution in [-0.4, -0.2) is 44.6 Å². The van der Waals surface area contributed by atoms with Crippen molar-refractivity contribution in [2.75, 3.05) is 7.05 Å². The number of halogens is 5. The molecular formula is C17H11F5N6O2. The van der Waals surface area contributed by atoms with Gasteiger partial charge in [-0.25, -0.2) is 5.01 Å². The zero-order chi connectivity index (χ0) is 21.9. The topological polar surface area (TPSA) is 97.4 Å². The van der Waals surface area contributed by atoms with Crippen molar-refractivity contribution in [3.05, 3.63) is 59.2 Å². The Labute approximate surface area is 165 Å². The molecule has 3 aromatic rings. The Morgan fingerprint density at radius 1 is 1.13 bits per heavy atom. The van der Waals surface area contributed by atoms with E-state index in [9.17, 15) is 26.7 Å². The average Bonchev–Trinajstić information content (AvgIpc) is 3.22. The molecule has 0 unspecified atom stereocenters. The number of hydrogen-bond donors (Lipinski definition) is 0. The van der Waals surface area contributed by atoms with Crippen LogP contribution in [0.1, 0.15) is 33.9 Å². The first kappa shape index (κ1) is 21.0. The van der Waals surface area contributed by atoms with E-state index in [4.69, 9.17) is 4.42 Å². The minimum atomic E-state index is -4.78. The maximum atomic E-state index is 13.0. The van der Waals surface area contributed by atoms with Crippen LogP contribution in [0.15, 0.2) is 46.0 Å². The fraction of sp³-hybridized carbons (Fsp3) is 0.176. The van der Waals surface area contributed by atoms with E-state index in [-0.39, 0.29) is 5.89 Å². The monoisotopic (exact) mass is 426 g/mol. The Kier molecular flexibility index (Phi) is 5.80. The summed E-state index contributed by atoms with van der Waals surface area (Å²) >= 11 is 0. The van der Waals surface area contributed by atoms with Crippen molar-refractivity contribution in [1.29, 1.82) is 0 Å². The molecule has 0 aliphatic heterocycles. The molecule has 0 aliphatic rings. The Morgan fingerprint density at radius 2 is 1.83 bits per heavy atom. The maximum Gasteiger partial charge on any atom is 0.418 e. The molecule has 30 heavy (non-hydrogen) atoms. The molecule has 2 aromatic heterocycles. The lowest BCUT2D eigenvalue weighted by Gasteiger charge is -2.14. The molecule has 0 saturated heterocycles. The van der Waals surface area contributed by atoms with E-state index >= 15 is 0 Å². The molecule has 0 bridgehead atoms. The number of aromatic nitrogens is 4. The first-order valence-corrected chi connectivity index (χ1v) is 8.09. The predicted octanol–water partition coefficient (Wildman–Crippen LogP) is 3.59. The highest BCUT2D eigenvalue weighted by atomic mass is 19.4. The molecule has 1 amide bonds. The maximum absolute atomic E-state index is 13.0. The Bertz CT molecular complexity index is 1070. The molecule has 3 rings (SSSR count). The first-order valence-electron chi connectivity index (χ1n) is 8.09. The molecule has 13 heteroatoms. The van der Waals surface area contributed by atoms with Crippen LogP contribution in [-0.2, 0) is 6.18 Å². The van der Waals surface area contributed by atoms with Crippen molar-refractivity contribution in [2.45, 2.75) is 12.6 Å². The Balaban J connectivity index is 1.73. The number of hydrazone groups is 1. The lowest BCUT2D eigenvalue weighted by atomic mass is 10.1. The Hall–Kier alpha value is -3.77. The number of alkyl halides is 5. The highest BCUT2D eigenvalue weighted by molar-refractivity contribution is 5.94. The van der Waals surface area contributed by atoms with Crippen LogP contribution in [0.25, 0.3) is 11.5 Å². The third-order valence-electron chi connectivity index (χ3n) is 3.69. The van der Waals surface area contributed by atoms with Gasteiger partial charge in [-0.3, -0.25) is 4.79 Å². The minimum Gasteiger partial charge on any atom is -0.415 e. The molecule has 1 aromatic carbocycles. The van der Waals surface area contributed by atoms with Gasteiger partial charge in [0.15, 0.2) is 5.69 Å². The van der Waals surface area contributed by atoms with Crippen molar-refractivity contribution in [3.63, 3.8) is 0 Å². The summed E-state index contributed by atoms with van der Waals surface area (Å²) in [6.07, 6.45) is -5.62. The van der Waals surface area contributed by atoms with Gasteiger partial charge in [0.25, 0.3) is 11.8 Å². The van der Waals surface area contributed by atoms with Crippen LogP contribution < -0.4 is 0 Å². The number of hydrogen-bond acceptors (Lipinski definition) is 7. The van der Waals surface area contributed by atoms with Crippen LogP contribution in [0, 0.1) is 0 Å². The van der Waals surface area contributed by atoms with Crippen LogP contribution >= 0.6 is 0 Å². The summed E-state index contributed by atoms with van der Waals surface area (Å²) in [5, 5.41) is 17.8. The third-order valence-corrected chi connectivity index (χ3v) is 3.69. The van der Waals surface area contributed by atoms with Crippen molar-refractivity contribution in [3.8, 4) is 11.5 Å². The van der Waals surface area contributed by atoms with Crippen LogP contribution in [0.5, 0.6) is 0 Å². The highest BCUT2D eigenvalue weighted by Gasteiger charge is 2.37. The van der Waals surface area contributed by atoms with E-state index in [2.05, 4.69) is 25.5 Å². The van der Waals surface area contributed by atoms with E-state index in [0.29, 0.717) is 22.2 Å². The van der Waals surface area contributed by atoms with Crippen molar-refractivity contribution in [2.24, 2.45) is 5.10 Å². The second-order valence-electron chi connectivity index (χ2n) is 5.73. The molecule has 0 atom stereocenters.